The van der Waals surface area contributed by atoms with Crippen molar-refractivity contribution >= 4 is 33.5 Å². The van der Waals surface area contributed by atoms with Crippen LogP contribution in [0.5, 0.6) is 11.5 Å². The van der Waals surface area contributed by atoms with Gasteiger partial charge in [0, 0.05) is 21.2 Å². The first-order chi connectivity index (χ1) is 6.34. The number of aromatic nitrogens is 1. The fraction of sp³-hybridized carbons (Fsp3) is 0.111. The third-order valence-electron chi connectivity index (χ3n) is 2.12. The number of fused-ring (bicyclic) bond motifs is 2. The third-order valence-corrected chi connectivity index (χ3v) is 3.02. The molecule has 0 amide bonds. The number of ether oxygens (including phenoxy) is 2. The fourth-order valence-electron chi connectivity index (χ4n) is 1.48. The van der Waals surface area contributed by atoms with Crippen LogP contribution in [0.4, 0.5) is 0 Å². The second-order valence-electron chi connectivity index (χ2n) is 2.89. The van der Waals surface area contributed by atoms with Crippen molar-refractivity contribution in [3.05, 3.63) is 21.9 Å². The van der Waals surface area contributed by atoms with Gasteiger partial charge in [0.2, 0.25) is 6.79 Å². The van der Waals surface area contributed by atoms with Gasteiger partial charge in [-0.25, -0.2) is 0 Å². The molecule has 1 N–H and O–H groups in total. The number of hydrogen-bond donors (Lipinski definition) is 1. The summed E-state index contributed by atoms with van der Waals surface area (Å²) in [5, 5.41) is 1.19. The topological polar surface area (TPSA) is 34.2 Å². The maximum absolute atomic E-state index is 5.29. The Hall–Kier alpha value is -0.910. The molecule has 2 heterocycles. The van der Waals surface area contributed by atoms with Crippen LogP contribution in [0.3, 0.4) is 0 Å². The van der Waals surface area contributed by atoms with Gasteiger partial charge >= 0.3 is 0 Å². The fourth-order valence-corrected chi connectivity index (χ4v) is 2.08. The van der Waals surface area contributed by atoms with Gasteiger partial charge in [-0.15, -0.1) is 0 Å². The minimum Gasteiger partial charge on any atom is -0.454 e. The zero-order valence-electron chi connectivity index (χ0n) is 6.63. The largest absolute Gasteiger partial charge is 0.454 e. The van der Waals surface area contributed by atoms with Gasteiger partial charge in [-0.3, -0.25) is 0 Å². The highest BCUT2D eigenvalue weighted by atomic mass is 127. The summed E-state index contributed by atoms with van der Waals surface area (Å²) in [7, 11) is 0. The summed E-state index contributed by atoms with van der Waals surface area (Å²) in [5.74, 6) is 1.66. The molecule has 0 aliphatic carbocycles. The van der Waals surface area contributed by atoms with E-state index in [0.29, 0.717) is 6.79 Å². The van der Waals surface area contributed by atoms with Gasteiger partial charge in [-0.1, -0.05) is 0 Å². The molecule has 0 saturated heterocycles. The van der Waals surface area contributed by atoms with Crippen LogP contribution in [0.25, 0.3) is 10.9 Å². The van der Waals surface area contributed by atoms with Crippen LogP contribution in [0.15, 0.2) is 18.3 Å². The molecule has 4 heteroatoms. The minimum atomic E-state index is 0.332. The van der Waals surface area contributed by atoms with E-state index in [1.54, 1.807) is 0 Å². The molecule has 0 unspecified atom stereocenters. The number of H-pyrrole nitrogens is 1. The van der Waals surface area contributed by atoms with Crippen molar-refractivity contribution < 1.29 is 9.47 Å². The Morgan fingerprint density at radius 1 is 1.23 bits per heavy atom. The molecule has 0 spiro atoms. The van der Waals surface area contributed by atoms with Crippen LogP contribution < -0.4 is 9.47 Å². The quantitative estimate of drug-likeness (QED) is 0.755. The zero-order valence-corrected chi connectivity index (χ0v) is 8.79. The zero-order chi connectivity index (χ0) is 8.84. The van der Waals surface area contributed by atoms with E-state index in [0.717, 1.165) is 17.0 Å². The molecule has 2 aromatic rings. The molecule has 66 valence electrons. The van der Waals surface area contributed by atoms with Crippen molar-refractivity contribution in [2.75, 3.05) is 6.79 Å². The number of halogens is 1. The highest BCUT2D eigenvalue weighted by Crippen LogP contribution is 2.36. The Morgan fingerprint density at radius 3 is 2.85 bits per heavy atom. The second kappa shape index (κ2) is 2.54. The molecule has 0 saturated carbocycles. The highest BCUT2D eigenvalue weighted by Gasteiger charge is 2.15. The molecule has 13 heavy (non-hydrogen) atoms. The lowest BCUT2D eigenvalue weighted by Crippen LogP contribution is -1.92. The molecular weight excluding hydrogens is 281 g/mol. The van der Waals surface area contributed by atoms with Gasteiger partial charge in [0.15, 0.2) is 11.5 Å². The molecule has 0 radical (unpaired) electrons. The first-order valence-corrected chi connectivity index (χ1v) is 4.99. The first-order valence-electron chi connectivity index (χ1n) is 3.91. The Labute approximate surface area is 88.2 Å². The molecule has 1 aromatic heterocycles. The van der Waals surface area contributed by atoms with Crippen LogP contribution in [-0.4, -0.2) is 11.8 Å². The Kier molecular flexibility index (Phi) is 1.46. The predicted octanol–water partition coefficient (Wildman–Crippen LogP) is 2.50. The molecule has 0 atom stereocenters. The van der Waals surface area contributed by atoms with Gasteiger partial charge in [0.25, 0.3) is 0 Å². The molecular formula is C9H6INO2. The molecule has 3 nitrogen and oxygen atoms in total. The van der Waals surface area contributed by atoms with Crippen LogP contribution >= 0.6 is 22.6 Å². The van der Waals surface area contributed by atoms with Crippen molar-refractivity contribution in [1.82, 2.24) is 4.98 Å². The molecule has 1 aromatic carbocycles. The van der Waals surface area contributed by atoms with Gasteiger partial charge in [0.1, 0.15) is 0 Å². The van der Waals surface area contributed by atoms with E-state index < -0.39 is 0 Å². The molecule has 1 aliphatic heterocycles. The van der Waals surface area contributed by atoms with Crippen LogP contribution in [0.1, 0.15) is 0 Å². The van der Waals surface area contributed by atoms with E-state index in [1.807, 2.05) is 18.3 Å². The van der Waals surface area contributed by atoms with Gasteiger partial charge in [0.05, 0.1) is 5.52 Å². The Balaban J connectivity index is 2.38. The first kappa shape index (κ1) is 7.49. The number of aromatic amines is 1. The van der Waals surface area contributed by atoms with Crippen LogP contribution in [-0.2, 0) is 0 Å². The number of benzene rings is 1. The van der Waals surface area contributed by atoms with Crippen molar-refractivity contribution in [3.8, 4) is 11.5 Å². The monoisotopic (exact) mass is 287 g/mol. The van der Waals surface area contributed by atoms with E-state index in [-0.39, 0.29) is 0 Å². The second-order valence-corrected chi connectivity index (χ2v) is 4.05. The third kappa shape index (κ3) is 1.01. The van der Waals surface area contributed by atoms with Gasteiger partial charge in [-0.05, 0) is 28.7 Å². The number of hydrogen-bond acceptors (Lipinski definition) is 2. The molecule has 1 aliphatic rings. The Bertz CT molecular complexity index is 478. The summed E-state index contributed by atoms with van der Waals surface area (Å²) < 4.78 is 11.8. The highest BCUT2D eigenvalue weighted by molar-refractivity contribution is 14.1. The van der Waals surface area contributed by atoms with E-state index in [1.165, 1.54) is 8.96 Å². The van der Waals surface area contributed by atoms with Gasteiger partial charge < -0.3 is 14.5 Å². The summed E-state index contributed by atoms with van der Waals surface area (Å²) in [6.45, 7) is 0.332. The van der Waals surface area contributed by atoms with Crippen molar-refractivity contribution in [3.63, 3.8) is 0 Å². The number of nitrogens with one attached hydrogen (secondary N) is 1. The predicted molar refractivity (Wildman–Crippen MR) is 57.1 cm³/mol. The number of rotatable bonds is 0. The smallest absolute Gasteiger partial charge is 0.231 e. The lowest BCUT2D eigenvalue weighted by atomic mass is 10.2. The van der Waals surface area contributed by atoms with E-state index in [9.17, 15) is 0 Å². The summed E-state index contributed by atoms with van der Waals surface area (Å²) in [5.41, 5.74) is 1.09. The maximum Gasteiger partial charge on any atom is 0.231 e. The van der Waals surface area contributed by atoms with E-state index >= 15 is 0 Å². The van der Waals surface area contributed by atoms with Crippen molar-refractivity contribution in [2.24, 2.45) is 0 Å². The lowest BCUT2D eigenvalue weighted by Gasteiger charge is -1.95. The van der Waals surface area contributed by atoms with Crippen LogP contribution in [0, 0.1) is 3.57 Å². The molecule has 0 bridgehead atoms. The average molecular weight is 287 g/mol. The summed E-state index contributed by atoms with van der Waals surface area (Å²) in [6, 6.07) is 3.98. The van der Waals surface area contributed by atoms with Crippen molar-refractivity contribution in [1.29, 1.82) is 0 Å². The SMILES string of the molecule is Ic1c[nH]c2cc3c(cc12)OCO3. The maximum atomic E-state index is 5.29. The van der Waals surface area contributed by atoms with Crippen molar-refractivity contribution in [2.45, 2.75) is 0 Å². The van der Waals surface area contributed by atoms with E-state index in [4.69, 9.17) is 9.47 Å². The molecule has 0 fully saturated rings. The average Bonchev–Trinajstić information content (AvgIpc) is 2.70. The Morgan fingerprint density at radius 2 is 2.00 bits per heavy atom. The normalized spacial score (nSPS) is 13.9. The van der Waals surface area contributed by atoms with Crippen LogP contribution in [0.2, 0.25) is 0 Å². The lowest BCUT2D eigenvalue weighted by molar-refractivity contribution is 0.174. The summed E-state index contributed by atoms with van der Waals surface area (Å²) in [6.07, 6.45) is 1.97. The summed E-state index contributed by atoms with van der Waals surface area (Å²) >= 11 is 2.29. The molecule has 3 rings (SSSR count). The van der Waals surface area contributed by atoms with E-state index in [2.05, 4.69) is 27.6 Å². The standard InChI is InChI=1S/C9H6INO2/c10-6-3-11-7-2-9-8(1-5(6)7)12-4-13-9/h1-3,11H,4H2. The minimum absolute atomic E-state index is 0.332. The summed E-state index contributed by atoms with van der Waals surface area (Å²) in [4.78, 5) is 3.17. The van der Waals surface area contributed by atoms with Gasteiger partial charge in [-0.2, -0.15) is 0 Å².